The van der Waals surface area contributed by atoms with E-state index in [4.69, 9.17) is 0 Å². The van der Waals surface area contributed by atoms with Crippen molar-refractivity contribution in [1.29, 1.82) is 0 Å². The molecule has 0 spiro atoms. The summed E-state index contributed by atoms with van der Waals surface area (Å²) in [7, 11) is 1.52. The maximum atomic E-state index is 14.0. The second kappa shape index (κ2) is 9.97. The minimum Gasteiger partial charge on any atom is -0.357 e. The lowest BCUT2D eigenvalue weighted by molar-refractivity contribution is -0.138. The van der Waals surface area contributed by atoms with Crippen LogP contribution in [0.4, 0.5) is 4.39 Å². The van der Waals surface area contributed by atoms with Crippen molar-refractivity contribution >= 4 is 23.6 Å². The van der Waals surface area contributed by atoms with E-state index >= 15 is 0 Å². The zero-order valence-electron chi connectivity index (χ0n) is 14.9. The summed E-state index contributed by atoms with van der Waals surface area (Å²) in [5, 5.41) is 2.55. The fraction of sp³-hybridized carbons (Fsp3) is 0.300. The normalized spacial score (nSPS) is 11.7. The van der Waals surface area contributed by atoms with Crippen LogP contribution in [0.1, 0.15) is 18.1 Å². The highest BCUT2D eigenvalue weighted by atomic mass is 32.2. The summed E-state index contributed by atoms with van der Waals surface area (Å²) in [6, 6.07) is 15.5. The molecule has 2 aromatic carbocycles. The van der Waals surface area contributed by atoms with Gasteiger partial charge in [-0.05, 0) is 18.6 Å². The second-order valence-electron chi connectivity index (χ2n) is 5.88. The number of hydrogen-bond acceptors (Lipinski definition) is 3. The Balaban J connectivity index is 2.05. The van der Waals surface area contributed by atoms with Crippen molar-refractivity contribution < 1.29 is 14.0 Å². The number of benzene rings is 2. The van der Waals surface area contributed by atoms with Crippen molar-refractivity contribution in [2.45, 2.75) is 25.3 Å². The number of nitrogens with zero attached hydrogens (tertiary/aromatic N) is 1. The molecule has 0 aliphatic carbocycles. The van der Waals surface area contributed by atoms with Crippen molar-refractivity contribution in [2.75, 3.05) is 12.8 Å². The largest absolute Gasteiger partial charge is 0.357 e. The van der Waals surface area contributed by atoms with Crippen LogP contribution in [0.5, 0.6) is 0 Å². The van der Waals surface area contributed by atoms with E-state index in [-0.39, 0.29) is 29.9 Å². The zero-order chi connectivity index (χ0) is 18.9. The highest BCUT2D eigenvalue weighted by Crippen LogP contribution is 2.17. The molecule has 0 fully saturated rings. The summed E-state index contributed by atoms with van der Waals surface area (Å²) in [5.41, 5.74) is 1.52. The van der Waals surface area contributed by atoms with Crippen molar-refractivity contribution in [3.63, 3.8) is 0 Å². The molecule has 0 saturated carbocycles. The van der Waals surface area contributed by atoms with Gasteiger partial charge in [0.2, 0.25) is 11.8 Å². The maximum Gasteiger partial charge on any atom is 0.242 e. The third-order valence-electron chi connectivity index (χ3n) is 4.05. The van der Waals surface area contributed by atoms with E-state index in [0.717, 1.165) is 5.56 Å². The molecular formula is C20H23FN2O2S. The molecule has 2 aromatic rings. The van der Waals surface area contributed by atoms with E-state index in [9.17, 15) is 14.0 Å². The number of carbonyl (C=O) groups excluding carboxylic acids is 2. The SMILES string of the molecule is CNC(=O)[C@H](C)N(Cc1ccccc1F)C(=O)CSCc1ccccc1. The van der Waals surface area contributed by atoms with E-state index < -0.39 is 6.04 Å². The van der Waals surface area contributed by atoms with Gasteiger partial charge in [-0.1, -0.05) is 48.5 Å². The first kappa shape index (κ1) is 20.0. The molecule has 0 heterocycles. The number of amides is 2. The summed E-state index contributed by atoms with van der Waals surface area (Å²) >= 11 is 1.48. The van der Waals surface area contributed by atoms with Crippen LogP contribution in [0, 0.1) is 5.82 Å². The molecular weight excluding hydrogens is 351 g/mol. The first-order valence-corrected chi connectivity index (χ1v) is 9.54. The molecule has 1 atom stereocenters. The summed E-state index contributed by atoms with van der Waals surface area (Å²) in [4.78, 5) is 26.2. The zero-order valence-corrected chi connectivity index (χ0v) is 15.8. The first-order valence-electron chi connectivity index (χ1n) is 8.39. The number of rotatable bonds is 8. The predicted octanol–water partition coefficient (Wildman–Crippen LogP) is 3.22. The molecule has 138 valence electrons. The highest BCUT2D eigenvalue weighted by Gasteiger charge is 2.26. The Labute approximate surface area is 157 Å². The van der Waals surface area contributed by atoms with Crippen LogP contribution < -0.4 is 5.32 Å². The van der Waals surface area contributed by atoms with Gasteiger partial charge in [-0.25, -0.2) is 4.39 Å². The van der Waals surface area contributed by atoms with Gasteiger partial charge < -0.3 is 10.2 Å². The first-order chi connectivity index (χ1) is 12.5. The lowest BCUT2D eigenvalue weighted by Gasteiger charge is -2.28. The van der Waals surface area contributed by atoms with Gasteiger partial charge in [0.25, 0.3) is 0 Å². The third-order valence-corrected chi connectivity index (χ3v) is 5.04. The highest BCUT2D eigenvalue weighted by molar-refractivity contribution is 7.99. The molecule has 0 aliphatic heterocycles. The molecule has 0 bridgehead atoms. The topological polar surface area (TPSA) is 49.4 Å². The van der Waals surface area contributed by atoms with Gasteiger partial charge in [-0.3, -0.25) is 9.59 Å². The number of thioether (sulfide) groups is 1. The molecule has 0 unspecified atom stereocenters. The van der Waals surface area contributed by atoms with E-state index in [2.05, 4.69) is 5.32 Å². The minimum atomic E-state index is -0.676. The fourth-order valence-electron chi connectivity index (χ4n) is 2.52. The molecule has 0 aliphatic rings. The number of nitrogens with one attached hydrogen (secondary N) is 1. The smallest absolute Gasteiger partial charge is 0.242 e. The van der Waals surface area contributed by atoms with Crippen molar-refractivity contribution in [1.82, 2.24) is 10.2 Å². The monoisotopic (exact) mass is 374 g/mol. The summed E-state index contributed by atoms with van der Waals surface area (Å²) in [6.45, 7) is 1.71. The molecule has 0 saturated heterocycles. The predicted molar refractivity (Wildman–Crippen MR) is 103 cm³/mol. The molecule has 0 radical (unpaired) electrons. The number of hydrogen-bond donors (Lipinski definition) is 1. The Bertz CT molecular complexity index is 740. The van der Waals surface area contributed by atoms with Crippen LogP contribution in [0.3, 0.4) is 0 Å². The van der Waals surface area contributed by atoms with Gasteiger partial charge in [-0.15, -0.1) is 11.8 Å². The van der Waals surface area contributed by atoms with Gasteiger partial charge in [-0.2, -0.15) is 0 Å². The average molecular weight is 374 g/mol. The van der Waals surface area contributed by atoms with E-state index in [1.165, 1.54) is 29.8 Å². The Morgan fingerprint density at radius 1 is 1.12 bits per heavy atom. The standard InChI is InChI=1S/C20H23FN2O2S/c1-15(20(25)22-2)23(12-17-10-6-7-11-18(17)21)19(24)14-26-13-16-8-4-3-5-9-16/h3-11,15H,12-14H2,1-2H3,(H,22,25)/t15-/m0/s1. The van der Waals surface area contributed by atoms with Crippen LogP contribution in [-0.2, 0) is 21.9 Å². The Hall–Kier alpha value is -2.34. The van der Waals surface area contributed by atoms with Crippen molar-refractivity contribution in [2.24, 2.45) is 0 Å². The Morgan fingerprint density at radius 2 is 1.77 bits per heavy atom. The molecule has 1 N–H and O–H groups in total. The van der Waals surface area contributed by atoms with Crippen LogP contribution in [0.15, 0.2) is 54.6 Å². The van der Waals surface area contributed by atoms with E-state index in [0.29, 0.717) is 11.3 Å². The molecule has 26 heavy (non-hydrogen) atoms. The molecule has 2 amide bonds. The third kappa shape index (κ3) is 5.59. The van der Waals surface area contributed by atoms with E-state index in [1.54, 1.807) is 25.1 Å². The lowest BCUT2D eigenvalue weighted by atomic mass is 10.1. The van der Waals surface area contributed by atoms with Gasteiger partial charge >= 0.3 is 0 Å². The molecule has 4 nitrogen and oxygen atoms in total. The summed E-state index contributed by atoms with van der Waals surface area (Å²) < 4.78 is 14.0. The van der Waals surface area contributed by atoms with Crippen molar-refractivity contribution in [3.05, 3.63) is 71.5 Å². The number of carbonyl (C=O) groups is 2. The second-order valence-corrected chi connectivity index (χ2v) is 6.87. The molecule has 0 aromatic heterocycles. The molecule has 6 heteroatoms. The van der Waals surface area contributed by atoms with Gasteiger partial charge in [0.1, 0.15) is 11.9 Å². The van der Waals surface area contributed by atoms with Crippen molar-refractivity contribution in [3.8, 4) is 0 Å². The fourth-order valence-corrected chi connectivity index (χ4v) is 3.39. The quantitative estimate of drug-likeness (QED) is 0.772. The van der Waals surface area contributed by atoms with Crippen LogP contribution in [-0.4, -0.2) is 35.6 Å². The maximum absolute atomic E-state index is 14.0. The number of halogens is 1. The van der Waals surface area contributed by atoms with Crippen LogP contribution >= 0.6 is 11.8 Å². The van der Waals surface area contributed by atoms with Crippen LogP contribution in [0.25, 0.3) is 0 Å². The summed E-state index contributed by atoms with van der Waals surface area (Å²) in [6.07, 6.45) is 0. The number of likely N-dealkylation sites (N-methyl/N-ethyl adjacent to an activating group) is 1. The lowest BCUT2D eigenvalue weighted by Crippen LogP contribution is -2.47. The minimum absolute atomic E-state index is 0.0615. The van der Waals surface area contributed by atoms with Gasteiger partial charge in [0.15, 0.2) is 0 Å². The summed E-state index contributed by atoms with van der Waals surface area (Å²) in [5.74, 6) is 0.0819. The van der Waals surface area contributed by atoms with Crippen LogP contribution in [0.2, 0.25) is 0 Å². The Morgan fingerprint density at radius 3 is 2.42 bits per heavy atom. The van der Waals surface area contributed by atoms with Gasteiger partial charge in [0.05, 0.1) is 5.75 Å². The van der Waals surface area contributed by atoms with E-state index in [1.807, 2.05) is 30.3 Å². The Kier molecular flexibility index (Phi) is 7.66. The average Bonchev–Trinajstić information content (AvgIpc) is 2.67. The van der Waals surface area contributed by atoms with Gasteiger partial charge in [0, 0.05) is 24.9 Å². The molecule has 2 rings (SSSR count).